The minimum Gasteiger partial charge on any atom is -0.343 e. The Morgan fingerprint density at radius 2 is 2.13 bits per heavy atom. The molecule has 1 aromatic rings. The van der Waals surface area contributed by atoms with Crippen LogP contribution in [0.25, 0.3) is 0 Å². The predicted octanol–water partition coefficient (Wildman–Crippen LogP) is 2.30. The summed E-state index contributed by atoms with van der Waals surface area (Å²) in [5.74, 6) is -0.490. The van der Waals surface area contributed by atoms with Crippen molar-refractivity contribution in [2.45, 2.75) is 25.6 Å². The molecule has 1 saturated heterocycles. The summed E-state index contributed by atoms with van der Waals surface area (Å²) >= 11 is 3.54. The number of halogens is 1. The lowest BCUT2D eigenvalue weighted by Gasteiger charge is -2.24. The summed E-state index contributed by atoms with van der Waals surface area (Å²) in [6, 6.07) is 0. The van der Waals surface area contributed by atoms with Crippen LogP contribution in [0.2, 0.25) is 0 Å². The smallest absolute Gasteiger partial charge is 0.197 e. The van der Waals surface area contributed by atoms with E-state index in [0.717, 1.165) is 28.6 Å². The molecule has 0 saturated carbocycles. The minimum atomic E-state index is -0.490. The van der Waals surface area contributed by atoms with Crippen LogP contribution < -0.4 is 0 Å². The Labute approximate surface area is 96.9 Å². The van der Waals surface area contributed by atoms with Crippen LogP contribution in [0, 0.1) is 6.92 Å². The quantitative estimate of drug-likeness (QED) is 0.724. The maximum Gasteiger partial charge on any atom is 0.197 e. The van der Waals surface area contributed by atoms with Crippen molar-refractivity contribution in [1.29, 1.82) is 0 Å². The lowest BCUT2D eigenvalue weighted by molar-refractivity contribution is -0.163. The highest BCUT2D eigenvalue weighted by atomic mass is 79.9. The van der Waals surface area contributed by atoms with E-state index in [4.69, 9.17) is 9.47 Å². The van der Waals surface area contributed by atoms with Gasteiger partial charge in [-0.1, -0.05) is 0 Å². The van der Waals surface area contributed by atoms with Crippen molar-refractivity contribution in [3.63, 3.8) is 0 Å². The maximum atomic E-state index is 5.78. The summed E-state index contributed by atoms with van der Waals surface area (Å²) in [6.07, 6.45) is 3.77. The summed E-state index contributed by atoms with van der Waals surface area (Å²) in [5, 5.41) is 0. The number of ether oxygens (including phenoxy) is 2. The average Bonchev–Trinajstić information content (AvgIpc) is 2.83. The predicted molar refractivity (Wildman–Crippen MR) is 58.6 cm³/mol. The van der Waals surface area contributed by atoms with E-state index < -0.39 is 5.79 Å². The molecule has 4 heteroatoms. The van der Waals surface area contributed by atoms with Crippen LogP contribution in [-0.4, -0.2) is 18.2 Å². The van der Waals surface area contributed by atoms with Crippen LogP contribution in [0.4, 0.5) is 0 Å². The van der Waals surface area contributed by atoms with Crippen molar-refractivity contribution in [3.8, 4) is 0 Å². The van der Waals surface area contributed by atoms with Gasteiger partial charge in [0.1, 0.15) is 0 Å². The topological polar surface area (TPSA) is 31.4 Å². The van der Waals surface area contributed by atoms with Crippen LogP contribution in [0.3, 0.4) is 0 Å². The minimum absolute atomic E-state index is 0.490. The summed E-state index contributed by atoms with van der Waals surface area (Å²) in [4.78, 5) is 4.36. The van der Waals surface area contributed by atoms with Crippen LogP contribution in [0.5, 0.6) is 0 Å². The van der Waals surface area contributed by atoms with Crippen molar-refractivity contribution in [2.75, 3.05) is 13.2 Å². The van der Waals surface area contributed by atoms with Crippen molar-refractivity contribution < 1.29 is 9.47 Å². The Morgan fingerprint density at radius 1 is 1.40 bits per heavy atom. The highest BCUT2D eigenvalue weighted by Crippen LogP contribution is 2.46. The van der Waals surface area contributed by atoms with Gasteiger partial charge in [-0.05, 0) is 34.8 Å². The molecule has 0 atom stereocenters. The number of fused-ring (bicyclic) bond motifs is 2. The van der Waals surface area contributed by atoms with E-state index in [1.165, 1.54) is 5.56 Å². The average molecular weight is 270 g/mol. The molecule has 2 heterocycles. The van der Waals surface area contributed by atoms with Crippen LogP contribution >= 0.6 is 15.9 Å². The lowest BCUT2D eigenvalue weighted by atomic mass is 10.1. The number of aromatic nitrogens is 1. The van der Waals surface area contributed by atoms with E-state index in [9.17, 15) is 0 Å². The van der Waals surface area contributed by atoms with E-state index in [-0.39, 0.29) is 0 Å². The third-order valence-corrected chi connectivity index (χ3v) is 3.85. The zero-order valence-electron chi connectivity index (χ0n) is 8.55. The number of hydrogen-bond acceptors (Lipinski definition) is 3. The van der Waals surface area contributed by atoms with Gasteiger partial charge < -0.3 is 9.47 Å². The molecule has 80 valence electrons. The molecule has 3 rings (SSSR count). The first kappa shape index (κ1) is 9.75. The number of aryl methyl sites for hydroxylation is 1. The molecular weight excluding hydrogens is 258 g/mol. The Kier molecular flexibility index (Phi) is 2.13. The monoisotopic (exact) mass is 269 g/mol. The second kappa shape index (κ2) is 3.27. The SMILES string of the molecule is Cc1ncc(Br)c2c1C1(CC2)OCCO1. The summed E-state index contributed by atoms with van der Waals surface area (Å²) in [6.45, 7) is 3.39. The summed E-state index contributed by atoms with van der Waals surface area (Å²) in [7, 11) is 0. The van der Waals surface area contributed by atoms with Crippen molar-refractivity contribution in [1.82, 2.24) is 4.98 Å². The normalized spacial score (nSPS) is 22.3. The molecule has 0 N–H and O–H groups in total. The largest absolute Gasteiger partial charge is 0.343 e. The number of pyridine rings is 1. The molecule has 15 heavy (non-hydrogen) atoms. The van der Waals surface area contributed by atoms with E-state index in [1.54, 1.807) is 0 Å². The van der Waals surface area contributed by atoms with Gasteiger partial charge in [-0.15, -0.1) is 0 Å². The van der Waals surface area contributed by atoms with Crippen LogP contribution in [-0.2, 0) is 21.7 Å². The Morgan fingerprint density at radius 3 is 2.87 bits per heavy atom. The summed E-state index contributed by atoms with van der Waals surface area (Å²) in [5.41, 5.74) is 3.46. The molecule has 1 fully saturated rings. The van der Waals surface area contributed by atoms with Gasteiger partial charge in [-0.25, -0.2) is 0 Å². The molecule has 0 radical (unpaired) electrons. The van der Waals surface area contributed by atoms with Crippen molar-refractivity contribution in [2.24, 2.45) is 0 Å². The standard InChI is InChI=1S/C11H12BrNO2/c1-7-10-8(9(12)6-13-7)2-3-11(10)14-4-5-15-11/h6H,2-5H2,1H3. The molecule has 1 aliphatic carbocycles. The maximum absolute atomic E-state index is 5.78. The molecule has 3 nitrogen and oxygen atoms in total. The number of rotatable bonds is 0. The molecule has 0 unspecified atom stereocenters. The fourth-order valence-electron chi connectivity index (χ4n) is 2.54. The molecule has 1 aliphatic heterocycles. The fraction of sp³-hybridized carbons (Fsp3) is 0.545. The van der Waals surface area contributed by atoms with Gasteiger partial charge in [-0.2, -0.15) is 0 Å². The van der Waals surface area contributed by atoms with Crippen molar-refractivity contribution >= 4 is 15.9 Å². The molecule has 0 aromatic carbocycles. The van der Waals surface area contributed by atoms with Gasteiger partial charge in [0, 0.05) is 28.3 Å². The first-order chi connectivity index (χ1) is 7.23. The van der Waals surface area contributed by atoms with Crippen LogP contribution in [0.1, 0.15) is 23.2 Å². The molecule has 2 aliphatic rings. The third-order valence-electron chi connectivity index (χ3n) is 3.16. The Bertz CT molecular complexity index is 413. The second-order valence-corrected chi connectivity index (χ2v) is 4.85. The van der Waals surface area contributed by atoms with Crippen molar-refractivity contribution in [3.05, 3.63) is 27.5 Å². The molecule has 1 spiro atoms. The first-order valence-corrected chi connectivity index (χ1v) is 5.95. The summed E-state index contributed by atoms with van der Waals surface area (Å²) < 4.78 is 12.6. The highest BCUT2D eigenvalue weighted by molar-refractivity contribution is 9.10. The van der Waals surface area contributed by atoms with Gasteiger partial charge in [0.2, 0.25) is 0 Å². The molecule has 0 amide bonds. The fourth-order valence-corrected chi connectivity index (χ4v) is 3.04. The second-order valence-electron chi connectivity index (χ2n) is 3.99. The Hall–Kier alpha value is -0.450. The van der Waals surface area contributed by atoms with Gasteiger partial charge >= 0.3 is 0 Å². The van der Waals surface area contributed by atoms with Crippen LogP contribution in [0.15, 0.2) is 10.7 Å². The zero-order valence-corrected chi connectivity index (χ0v) is 10.1. The highest BCUT2D eigenvalue weighted by Gasteiger charge is 2.46. The lowest BCUT2D eigenvalue weighted by Crippen LogP contribution is -2.24. The van der Waals surface area contributed by atoms with Gasteiger partial charge in [0.25, 0.3) is 0 Å². The zero-order chi connectivity index (χ0) is 10.5. The number of hydrogen-bond donors (Lipinski definition) is 0. The third kappa shape index (κ3) is 1.28. The van der Waals surface area contributed by atoms with E-state index in [1.807, 2.05) is 13.1 Å². The van der Waals surface area contributed by atoms with Gasteiger partial charge in [-0.3, -0.25) is 4.98 Å². The van der Waals surface area contributed by atoms with E-state index >= 15 is 0 Å². The number of nitrogens with zero attached hydrogens (tertiary/aromatic N) is 1. The molecular formula is C11H12BrNO2. The van der Waals surface area contributed by atoms with Gasteiger partial charge in [0.05, 0.1) is 13.2 Å². The molecule has 0 bridgehead atoms. The Balaban J connectivity index is 2.20. The van der Waals surface area contributed by atoms with E-state index in [2.05, 4.69) is 20.9 Å². The molecule has 1 aromatic heterocycles. The first-order valence-electron chi connectivity index (χ1n) is 5.15. The van der Waals surface area contributed by atoms with Gasteiger partial charge in [0.15, 0.2) is 5.79 Å². The van der Waals surface area contributed by atoms with E-state index in [0.29, 0.717) is 13.2 Å².